The van der Waals surface area contributed by atoms with Gasteiger partial charge in [-0.05, 0) is 69.2 Å². The molecule has 0 aliphatic heterocycles. The molecule has 1 atom stereocenters. The smallest absolute Gasteiger partial charge is 0.0540 e. The largest absolute Gasteiger partial charge is 0.0858 e. The van der Waals surface area contributed by atoms with Gasteiger partial charge in [-0.25, -0.2) is 0 Å². The summed E-state index contributed by atoms with van der Waals surface area (Å²) in [5.41, 5.74) is 8.06. The van der Waals surface area contributed by atoms with Crippen molar-refractivity contribution in [2.24, 2.45) is 5.41 Å². The summed E-state index contributed by atoms with van der Waals surface area (Å²) in [6.07, 6.45) is 0. The second-order valence-corrected chi connectivity index (χ2v) is 12.4. The van der Waals surface area contributed by atoms with Gasteiger partial charge in [0.25, 0.3) is 0 Å². The molecule has 0 fully saturated rings. The van der Waals surface area contributed by atoms with Crippen molar-refractivity contribution in [2.45, 2.75) is 62.3 Å². The zero-order chi connectivity index (χ0) is 19.8. The van der Waals surface area contributed by atoms with Crippen molar-refractivity contribution in [3.8, 4) is 0 Å². The number of hydrogen-bond donors (Lipinski definition) is 0. The summed E-state index contributed by atoms with van der Waals surface area (Å²) in [4.78, 5) is 0. The third kappa shape index (κ3) is 4.78. The lowest BCUT2D eigenvalue weighted by Crippen LogP contribution is -2.23. The Morgan fingerprint density at radius 2 is 1.15 bits per heavy atom. The zero-order valence-corrected chi connectivity index (χ0v) is 20.1. The highest BCUT2D eigenvalue weighted by Crippen LogP contribution is 2.52. The van der Waals surface area contributed by atoms with Crippen LogP contribution in [0.2, 0.25) is 0 Å². The van der Waals surface area contributed by atoms with Crippen molar-refractivity contribution < 1.29 is 0 Å². The number of halogens is 1. The lowest BCUT2D eigenvalue weighted by atomic mass is 10.0. The molecule has 0 saturated carbocycles. The van der Waals surface area contributed by atoms with Crippen LogP contribution in [0.1, 0.15) is 54.2 Å². The van der Waals surface area contributed by atoms with E-state index >= 15 is 0 Å². The summed E-state index contributed by atoms with van der Waals surface area (Å²) < 4.78 is 0. The van der Waals surface area contributed by atoms with Gasteiger partial charge >= 0.3 is 0 Å². The van der Waals surface area contributed by atoms with Crippen molar-refractivity contribution in [2.75, 3.05) is 0 Å². The van der Waals surface area contributed by atoms with Crippen molar-refractivity contribution in [3.63, 3.8) is 0 Å². The SMILES string of the molecule is Cc1cc(C)c(P=C(P(Cl)c2c(C)cc(C)cc2C)C(C)(C)C)c(C)c1. The molecular formula is C23H31ClP2. The minimum absolute atomic E-state index is 0.0581. The molecule has 0 heterocycles. The van der Waals surface area contributed by atoms with Crippen LogP contribution < -0.4 is 10.6 Å². The van der Waals surface area contributed by atoms with Gasteiger partial charge in [-0.3, -0.25) is 0 Å². The van der Waals surface area contributed by atoms with E-state index in [0.717, 1.165) is 0 Å². The van der Waals surface area contributed by atoms with Gasteiger partial charge in [-0.2, -0.15) is 0 Å². The van der Waals surface area contributed by atoms with Gasteiger partial charge in [0.05, 0.1) is 7.27 Å². The average Bonchev–Trinajstić information content (AvgIpc) is 2.43. The molecule has 140 valence electrons. The molecule has 1 unspecified atom stereocenters. The van der Waals surface area contributed by atoms with E-state index in [-0.39, 0.29) is 5.41 Å². The second-order valence-electron chi connectivity index (χ2n) is 8.46. The molecule has 0 bridgehead atoms. The molecule has 0 aliphatic carbocycles. The predicted molar refractivity (Wildman–Crippen MR) is 125 cm³/mol. The average molecular weight is 405 g/mol. The van der Waals surface area contributed by atoms with Gasteiger partial charge in [0.1, 0.15) is 0 Å². The number of aryl methyl sites for hydroxylation is 6. The predicted octanol–water partition coefficient (Wildman–Crippen LogP) is 7.25. The molecular weight excluding hydrogens is 374 g/mol. The van der Waals surface area contributed by atoms with Gasteiger partial charge in [-0.1, -0.05) is 75.6 Å². The van der Waals surface area contributed by atoms with Crippen molar-refractivity contribution in [1.29, 1.82) is 0 Å². The summed E-state index contributed by atoms with van der Waals surface area (Å²) in [7, 11) is 0.412. The first kappa shape index (κ1) is 21.6. The number of hydrogen-bond acceptors (Lipinski definition) is 0. The molecule has 0 nitrogen and oxygen atoms in total. The molecule has 0 amide bonds. The Kier molecular flexibility index (Phi) is 6.77. The molecule has 2 rings (SSSR count). The van der Waals surface area contributed by atoms with Gasteiger partial charge in [0.2, 0.25) is 0 Å². The molecule has 0 aromatic heterocycles. The lowest BCUT2D eigenvalue weighted by molar-refractivity contribution is 0.609. The molecule has 0 N–H and O–H groups in total. The molecule has 2 aromatic carbocycles. The molecule has 0 saturated heterocycles. The Balaban J connectivity index is 2.68. The highest BCUT2D eigenvalue weighted by molar-refractivity contribution is 8.08. The van der Waals surface area contributed by atoms with E-state index in [1.54, 1.807) is 0 Å². The highest BCUT2D eigenvalue weighted by Gasteiger charge is 2.28. The highest BCUT2D eigenvalue weighted by atomic mass is 35.7. The standard InChI is InChI=1S/C23H31ClP2/c1-14-10-16(3)20(17(4)11-14)25-22(23(7,8)9)26(24)21-18(5)12-15(2)13-19(21)6/h10-13H,1-9H3. The molecule has 0 radical (unpaired) electrons. The Labute approximate surface area is 167 Å². The first-order chi connectivity index (χ1) is 11.9. The van der Waals surface area contributed by atoms with E-state index in [9.17, 15) is 0 Å². The van der Waals surface area contributed by atoms with Gasteiger partial charge in [0.15, 0.2) is 0 Å². The maximum atomic E-state index is 7.23. The van der Waals surface area contributed by atoms with Gasteiger partial charge < -0.3 is 0 Å². The molecule has 3 heteroatoms. The summed E-state index contributed by atoms with van der Waals surface area (Å²) in [5.74, 6) is 0. The Morgan fingerprint density at radius 3 is 1.54 bits per heavy atom. The van der Waals surface area contributed by atoms with Crippen LogP contribution in [-0.4, -0.2) is 5.03 Å². The van der Waals surface area contributed by atoms with Crippen LogP contribution in [0.25, 0.3) is 0 Å². The maximum Gasteiger partial charge on any atom is 0.0540 e. The van der Waals surface area contributed by atoms with Crippen molar-refractivity contribution in [1.82, 2.24) is 0 Å². The third-order valence-corrected chi connectivity index (χ3v) is 10.8. The van der Waals surface area contributed by atoms with E-state index in [1.165, 1.54) is 57.2 Å². The fourth-order valence-corrected chi connectivity index (χ4v) is 8.98. The molecule has 2 aromatic rings. The van der Waals surface area contributed by atoms with Crippen LogP contribution in [0.15, 0.2) is 24.3 Å². The monoisotopic (exact) mass is 404 g/mol. The normalized spacial score (nSPS) is 13.8. The Hall–Kier alpha value is -0.670. The van der Waals surface area contributed by atoms with Crippen LogP contribution in [0.5, 0.6) is 0 Å². The summed E-state index contributed by atoms with van der Waals surface area (Å²) in [6, 6.07) is 9.10. The Bertz CT molecular complexity index is 811. The van der Waals surface area contributed by atoms with Crippen LogP contribution in [-0.2, 0) is 0 Å². The maximum absolute atomic E-state index is 7.23. The van der Waals surface area contributed by atoms with E-state index in [0.29, 0.717) is 0 Å². The van der Waals surface area contributed by atoms with E-state index in [2.05, 4.69) is 86.6 Å². The fourth-order valence-electron chi connectivity index (χ4n) is 3.55. The quantitative estimate of drug-likeness (QED) is 0.473. The van der Waals surface area contributed by atoms with Crippen LogP contribution in [0.4, 0.5) is 0 Å². The number of benzene rings is 2. The second kappa shape index (κ2) is 8.14. The number of rotatable bonds is 3. The molecule has 0 spiro atoms. The Morgan fingerprint density at radius 1 is 0.769 bits per heavy atom. The molecule has 0 aliphatic rings. The van der Waals surface area contributed by atoms with E-state index in [1.807, 2.05) is 0 Å². The molecule has 26 heavy (non-hydrogen) atoms. The fraction of sp³-hybridized carbons (Fsp3) is 0.435. The lowest BCUT2D eigenvalue weighted by Gasteiger charge is -2.29. The van der Waals surface area contributed by atoms with E-state index in [4.69, 9.17) is 11.2 Å². The zero-order valence-electron chi connectivity index (χ0n) is 17.6. The summed E-state index contributed by atoms with van der Waals surface area (Å²) in [6.45, 7) is 20.1. The summed E-state index contributed by atoms with van der Waals surface area (Å²) in [5, 5.41) is 4.18. The first-order valence-corrected chi connectivity index (χ1v) is 12.3. The van der Waals surface area contributed by atoms with Gasteiger partial charge in [0, 0.05) is 15.6 Å². The third-order valence-electron chi connectivity index (χ3n) is 4.54. The summed E-state index contributed by atoms with van der Waals surface area (Å²) >= 11 is 7.23. The first-order valence-electron chi connectivity index (χ1n) is 9.12. The topological polar surface area (TPSA) is 0 Å². The van der Waals surface area contributed by atoms with Crippen molar-refractivity contribution >= 4 is 42.4 Å². The van der Waals surface area contributed by atoms with Crippen molar-refractivity contribution in [3.05, 3.63) is 57.6 Å². The minimum atomic E-state index is -0.861. The van der Waals surface area contributed by atoms with Crippen LogP contribution >= 0.6 is 26.7 Å². The van der Waals surface area contributed by atoms with Crippen LogP contribution in [0.3, 0.4) is 0 Å². The minimum Gasteiger partial charge on any atom is -0.0858 e. The van der Waals surface area contributed by atoms with E-state index < -0.39 is 7.27 Å². The van der Waals surface area contributed by atoms with Crippen LogP contribution in [0, 0.1) is 47.0 Å². The van der Waals surface area contributed by atoms with Gasteiger partial charge in [-0.15, -0.1) is 0 Å².